The van der Waals surface area contributed by atoms with Gasteiger partial charge in [-0.25, -0.2) is 0 Å². The molecule has 0 saturated carbocycles. The summed E-state index contributed by atoms with van der Waals surface area (Å²) in [5.41, 5.74) is 0. The van der Waals surface area contributed by atoms with Crippen LogP contribution < -0.4 is 5.32 Å². The molecule has 5 heteroatoms. The van der Waals surface area contributed by atoms with E-state index >= 15 is 0 Å². The SMILES string of the molecule is CCCC(C(=O)NCCSCC(=O)O)C(C)C. The van der Waals surface area contributed by atoms with Crippen molar-refractivity contribution in [3.8, 4) is 0 Å². The van der Waals surface area contributed by atoms with Gasteiger partial charge >= 0.3 is 5.97 Å². The molecule has 100 valence electrons. The predicted octanol–water partition coefficient (Wildman–Crippen LogP) is 1.99. The highest BCUT2D eigenvalue weighted by Crippen LogP contribution is 2.17. The van der Waals surface area contributed by atoms with Crippen molar-refractivity contribution in [1.82, 2.24) is 5.32 Å². The van der Waals surface area contributed by atoms with E-state index in [1.807, 2.05) is 0 Å². The van der Waals surface area contributed by atoms with Gasteiger partial charge in [0.05, 0.1) is 5.75 Å². The minimum atomic E-state index is -0.813. The number of amides is 1. The van der Waals surface area contributed by atoms with Gasteiger partial charge in [0.2, 0.25) is 5.91 Å². The number of carboxylic acid groups (broad SMARTS) is 1. The van der Waals surface area contributed by atoms with Gasteiger partial charge in [0, 0.05) is 18.2 Å². The normalized spacial score (nSPS) is 12.5. The molecule has 0 aromatic carbocycles. The Balaban J connectivity index is 3.78. The predicted molar refractivity (Wildman–Crippen MR) is 71.2 cm³/mol. The van der Waals surface area contributed by atoms with E-state index in [0.29, 0.717) is 18.2 Å². The number of carbonyl (C=O) groups is 2. The van der Waals surface area contributed by atoms with Crippen molar-refractivity contribution in [2.45, 2.75) is 33.6 Å². The molecule has 0 bridgehead atoms. The first-order valence-corrected chi connectivity index (χ1v) is 7.21. The fraction of sp³-hybridized carbons (Fsp3) is 0.833. The fourth-order valence-electron chi connectivity index (χ4n) is 1.62. The van der Waals surface area contributed by atoms with Gasteiger partial charge < -0.3 is 10.4 Å². The summed E-state index contributed by atoms with van der Waals surface area (Å²) >= 11 is 1.32. The van der Waals surface area contributed by atoms with Crippen LogP contribution in [-0.4, -0.2) is 35.0 Å². The molecular weight excluding hydrogens is 238 g/mol. The lowest BCUT2D eigenvalue weighted by Crippen LogP contribution is -2.34. The van der Waals surface area contributed by atoms with E-state index in [2.05, 4.69) is 26.1 Å². The van der Waals surface area contributed by atoms with Crippen LogP contribution >= 0.6 is 11.8 Å². The molecule has 1 amide bonds. The first-order valence-electron chi connectivity index (χ1n) is 6.06. The number of carboxylic acids is 1. The Morgan fingerprint density at radius 3 is 2.47 bits per heavy atom. The van der Waals surface area contributed by atoms with Gasteiger partial charge in [-0.3, -0.25) is 9.59 Å². The highest BCUT2D eigenvalue weighted by Gasteiger charge is 2.20. The second-order valence-corrected chi connectivity index (χ2v) is 5.48. The molecule has 0 spiro atoms. The topological polar surface area (TPSA) is 66.4 Å². The lowest BCUT2D eigenvalue weighted by Gasteiger charge is -2.19. The van der Waals surface area contributed by atoms with Crippen molar-refractivity contribution < 1.29 is 14.7 Å². The van der Waals surface area contributed by atoms with Crippen LogP contribution in [0, 0.1) is 11.8 Å². The van der Waals surface area contributed by atoms with Crippen LogP contribution in [0.25, 0.3) is 0 Å². The van der Waals surface area contributed by atoms with Gasteiger partial charge in [0.25, 0.3) is 0 Å². The van der Waals surface area contributed by atoms with Crippen molar-refractivity contribution in [2.24, 2.45) is 11.8 Å². The highest BCUT2D eigenvalue weighted by atomic mass is 32.2. The Kier molecular flexibility index (Phi) is 8.94. The molecule has 0 aliphatic heterocycles. The van der Waals surface area contributed by atoms with E-state index in [-0.39, 0.29) is 17.6 Å². The van der Waals surface area contributed by atoms with Crippen LogP contribution in [0.3, 0.4) is 0 Å². The molecule has 0 fully saturated rings. The minimum absolute atomic E-state index is 0.0736. The smallest absolute Gasteiger partial charge is 0.313 e. The molecule has 2 N–H and O–H groups in total. The van der Waals surface area contributed by atoms with Crippen LogP contribution in [0.4, 0.5) is 0 Å². The zero-order valence-corrected chi connectivity index (χ0v) is 11.7. The third-order valence-electron chi connectivity index (χ3n) is 2.51. The molecule has 1 atom stereocenters. The van der Waals surface area contributed by atoms with E-state index in [1.54, 1.807) is 0 Å². The third kappa shape index (κ3) is 8.07. The Morgan fingerprint density at radius 1 is 1.35 bits per heavy atom. The maximum absolute atomic E-state index is 11.8. The fourth-order valence-corrected chi connectivity index (χ4v) is 2.18. The lowest BCUT2D eigenvalue weighted by atomic mass is 9.90. The highest BCUT2D eigenvalue weighted by molar-refractivity contribution is 7.99. The molecule has 0 heterocycles. The molecular formula is C12H23NO3S. The van der Waals surface area contributed by atoms with Crippen LogP contribution in [0.5, 0.6) is 0 Å². The largest absolute Gasteiger partial charge is 0.481 e. The van der Waals surface area contributed by atoms with E-state index in [9.17, 15) is 9.59 Å². The third-order valence-corrected chi connectivity index (χ3v) is 3.46. The minimum Gasteiger partial charge on any atom is -0.481 e. The summed E-state index contributed by atoms with van der Waals surface area (Å²) in [7, 11) is 0. The van der Waals surface area contributed by atoms with Crippen molar-refractivity contribution in [1.29, 1.82) is 0 Å². The monoisotopic (exact) mass is 261 g/mol. The van der Waals surface area contributed by atoms with Crippen LogP contribution in [0.1, 0.15) is 33.6 Å². The molecule has 4 nitrogen and oxygen atoms in total. The number of carbonyl (C=O) groups excluding carboxylic acids is 1. The number of hydrogen-bond acceptors (Lipinski definition) is 3. The van der Waals surface area contributed by atoms with Crippen LogP contribution in [0.15, 0.2) is 0 Å². The number of aliphatic carboxylic acids is 1. The molecule has 0 saturated heterocycles. The van der Waals surface area contributed by atoms with Gasteiger partial charge in [-0.15, -0.1) is 11.8 Å². The Labute approximate surface area is 108 Å². The number of nitrogens with one attached hydrogen (secondary N) is 1. The summed E-state index contributed by atoms with van der Waals surface area (Å²) < 4.78 is 0. The van der Waals surface area contributed by atoms with Crippen LogP contribution in [-0.2, 0) is 9.59 Å². The molecule has 17 heavy (non-hydrogen) atoms. The van der Waals surface area contributed by atoms with Gasteiger partial charge in [-0.05, 0) is 12.3 Å². The zero-order valence-electron chi connectivity index (χ0n) is 10.9. The van der Waals surface area contributed by atoms with E-state index in [4.69, 9.17) is 5.11 Å². The lowest BCUT2D eigenvalue weighted by molar-refractivity contribution is -0.134. The second kappa shape index (κ2) is 9.33. The van der Waals surface area contributed by atoms with Gasteiger partial charge in [-0.2, -0.15) is 0 Å². The standard InChI is InChI=1S/C12H23NO3S/c1-4-5-10(9(2)3)12(16)13-6-7-17-8-11(14)15/h9-10H,4-8H2,1-3H3,(H,13,16)(H,14,15). The maximum atomic E-state index is 11.8. The zero-order chi connectivity index (χ0) is 13.3. The van der Waals surface area contributed by atoms with Crippen molar-refractivity contribution >= 4 is 23.6 Å². The number of thioether (sulfide) groups is 1. The molecule has 0 radical (unpaired) electrons. The molecule has 1 unspecified atom stereocenters. The van der Waals surface area contributed by atoms with Gasteiger partial charge in [0.1, 0.15) is 0 Å². The first kappa shape index (κ1) is 16.3. The maximum Gasteiger partial charge on any atom is 0.313 e. The Bertz CT molecular complexity index is 244. The van der Waals surface area contributed by atoms with E-state index in [1.165, 1.54) is 11.8 Å². The Hall–Kier alpha value is -0.710. The molecule has 0 rings (SSSR count). The molecule has 0 aliphatic rings. The molecule has 0 aromatic heterocycles. The Morgan fingerprint density at radius 2 is 2.00 bits per heavy atom. The summed E-state index contributed by atoms with van der Waals surface area (Å²) in [6.07, 6.45) is 1.91. The van der Waals surface area contributed by atoms with Crippen LogP contribution in [0.2, 0.25) is 0 Å². The summed E-state index contributed by atoms with van der Waals surface area (Å²) in [5.74, 6) is 0.448. The van der Waals surface area contributed by atoms with E-state index in [0.717, 1.165) is 12.8 Å². The molecule has 0 aromatic rings. The number of hydrogen-bond donors (Lipinski definition) is 2. The van der Waals surface area contributed by atoms with Crippen molar-refractivity contribution in [2.75, 3.05) is 18.1 Å². The van der Waals surface area contributed by atoms with Gasteiger partial charge in [-0.1, -0.05) is 27.2 Å². The van der Waals surface area contributed by atoms with E-state index < -0.39 is 5.97 Å². The number of rotatable bonds is 9. The molecule has 0 aliphatic carbocycles. The summed E-state index contributed by atoms with van der Waals surface area (Å²) in [4.78, 5) is 22.1. The summed E-state index contributed by atoms with van der Waals surface area (Å²) in [5, 5.41) is 11.3. The van der Waals surface area contributed by atoms with Crippen molar-refractivity contribution in [3.05, 3.63) is 0 Å². The summed E-state index contributed by atoms with van der Waals surface area (Å²) in [6.45, 7) is 6.73. The average molecular weight is 261 g/mol. The second-order valence-electron chi connectivity index (χ2n) is 4.38. The quantitative estimate of drug-likeness (QED) is 0.623. The first-order chi connectivity index (χ1) is 7.99. The summed E-state index contributed by atoms with van der Waals surface area (Å²) in [6, 6.07) is 0. The average Bonchev–Trinajstić information content (AvgIpc) is 2.24. The van der Waals surface area contributed by atoms with Gasteiger partial charge in [0.15, 0.2) is 0 Å². The van der Waals surface area contributed by atoms with Crippen molar-refractivity contribution in [3.63, 3.8) is 0 Å².